The minimum atomic E-state index is -0.351. The highest BCUT2D eigenvalue weighted by molar-refractivity contribution is 9.10. The van der Waals surface area contributed by atoms with Gasteiger partial charge >= 0.3 is 0 Å². The normalized spacial score (nSPS) is 21.0. The van der Waals surface area contributed by atoms with E-state index in [4.69, 9.17) is 0 Å². The van der Waals surface area contributed by atoms with Crippen molar-refractivity contribution in [1.29, 1.82) is 0 Å². The van der Waals surface area contributed by atoms with Gasteiger partial charge in [0.05, 0.1) is 29.8 Å². The highest BCUT2D eigenvalue weighted by Gasteiger charge is 2.42. The molecule has 4 fully saturated rings. The van der Waals surface area contributed by atoms with E-state index in [0.717, 1.165) is 81.5 Å². The number of nitrogens with one attached hydrogen (secondary N) is 1. The van der Waals surface area contributed by atoms with Gasteiger partial charge in [0.1, 0.15) is 45.0 Å². The number of rotatable bonds is 9. The number of anilines is 1. The number of carbonyl (C=O) groups is 2. The number of hydrogen-bond donors (Lipinski definition) is 1. The molecule has 1 N–H and O–H groups in total. The molecular formula is C44H47BrF4N10O2. The number of aromatic nitrogens is 6. The summed E-state index contributed by atoms with van der Waals surface area (Å²) >= 11 is 3.07. The fraction of sp³-hybridized carbons (Fsp3) is 0.409. The van der Waals surface area contributed by atoms with Gasteiger partial charge in [-0.2, -0.15) is 0 Å². The number of pyridine rings is 4. The van der Waals surface area contributed by atoms with Crippen LogP contribution in [0.3, 0.4) is 0 Å². The van der Waals surface area contributed by atoms with Gasteiger partial charge in [0.25, 0.3) is 0 Å². The van der Waals surface area contributed by atoms with Gasteiger partial charge in [-0.25, -0.2) is 37.5 Å². The molecule has 4 saturated heterocycles. The second-order valence-electron chi connectivity index (χ2n) is 15.9. The van der Waals surface area contributed by atoms with Crippen molar-refractivity contribution in [3.8, 4) is 0 Å². The smallest absolute Gasteiger partial charge is 0.226 e. The second kappa shape index (κ2) is 19.1. The van der Waals surface area contributed by atoms with Gasteiger partial charge in [0, 0.05) is 81.9 Å². The van der Waals surface area contributed by atoms with E-state index in [1.165, 1.54) is 30.5 Å². The lowest BCUT2D eigenvalue weighted by Crippen LogP contribution is -2.51. The quantitative estimate of drug-likeness (QED) is 0.127. The predicted octanol–water partition coefficient (Wildman–Crippen LogP) is 6.67. The summed E-state index contributed by atoms with van der Waals surface area (Å²) in [5, 5.41) is 3.35. The zero-order valence-electron chi connectivity index (χ0n) is 33.5. The van der Waals surface area contributed by atoms with Crippen LogP contribution >= 0.6 is 15.9 Å². The molecule has 320 valence electrons. The third kappa shape index (κ3) is 9.72. The summed E-state index contributed by atoms with van der Waals surface area (Å²) < 4.78 is 57.8. The van der Waals surface area contributed by atoms with Crippen molar-refractivity contribution < 1.29 is 27.2 Å². The number of fused-ring (bicyclic) bond motifs is 4. The predicted molar refractivity (Wildman–Crippen MR) is 225 cm³/mol. The van der Waals surface area contributed by atoms with Gasteiger partial charge in [-0.3, -0.25) is 9.59 Å². The van der Waals surface area contributed by atoms with Crippen molar-refractivity contribution in [1.82, 2.24) is 43.9 Å². The van der Waals surface area contributed by atoms with E-state index in [-0.39, 0.29) is 53.0 Å². The molecule has 2 amide bonds. The van der Waals surface area contributed by atoms with Gasteiger partial charge in [-0.05, 0) is 116 Å². The molecule has 6 aromatic rings. The van der Waals surface area contributed by atoms with Crippen molar-refractivity contribution in [2.45, 2.75) is 63.5 Å². The molecule has 17 heteroatoms. The first kappa shape index (κ1) is 42.3. The van der Waals surface area contributed by atoms with Crippen LogP contribution in [0.1, 0.15) is 49.9 Å². The largest absolute Gasteiger partial charge is 0.353 e. The van der Waals surface area contributed by atoms with Crippen molar-refractivity contribution in [2.75, 3.05) is 44.2 Å². The third-order valence-electron chi connectivity index (χ3n) is 12.1. The number of amides is 2. The number of halogens is 5. The van der Waals surface area contributed by atoms with Crippen LogP contribution in [0.2, 0.25) is 0 Å². The van der Waals surface area contributed by atoms with Crippen LogP contribution in [-0.4, -0.2) is 102 Å². The Labute approximate surface area is 359 Å². The van der Waals surface area contributed by atoms with Crippen molar-refractivity contribution in [2.24, 2.45) is 11.8 Å². The van der Waals surface area contributed by atoms with Crippen molar-refractivity contribution in [3.05, 3.63) is 125 Å². The van der Waals surface area contributed by atoms with Crippen LogP contribution in [0.15, 0.2) is 90.3 Å². The summed E-state index contributed by atoms with van der Waals surface area (Å²) in [6, 6.07) is 12.8. The molecule has 0 spiro atoms. The molecule has 0 aromatic carbocycles. The standard InChI is InChI=1S/C22H23F2N5O.C17H21FN4O.C5H3BrFN/c23-16-4-6-20(26-13-16)27-10-11-28-17(14-27)12-15(22(28)30)2-1-3-19-18(24)5-7-21-25-8-9-29(19)21;18-14-4-5-16-20-7-9-22(16)15(14)3-1-2-12-10-13-11-19-6-8-21(13)17(12)23;6-5-2-1-4(7)3-8-5/h4-9,13,15,17H,1-3,10-12,14H2;4-5,7,9,12-13,19H,1-3,6,8,10-11H2;1-3H/t15?,17-;12-,13-;/m00./s1. The van der Waals surface area contributed by atoms with E-state index in [0.29, 0.717) is 54.5 Å². The minimum absolute atomic E-state index is 0.0267. The topological polar surface area (TPSA) is 116 Å². The van der Waals surface area contributed by atoms with Crippen LogP contribution < -0.4 is 10.2 Å². The summed E-state index contributed by atoms with van der Waals surface area (Å²) in [6.07, 6.45) is 15.4. The van der Waals surface area contributed by atoms with Crippen LogP contribution in [0, 0.1) is 35.1 Å². The van der Waals surface area contributed by atoms with E-state index >= 15 is 0 Å². The molecule has 12 nitrogen and oxygen atoms in total. The lowest BCUT2D eigenvalue weighted by atomic mass is 9.97. The molecule has 4 atom stereocenters. The Bertz CT molecular complexity index is 2430. The number of aryl methyl sites for hydroxylation is 2. The molecule has 0 saturated carbocycles. The van der Waals surface area contributed by atoms with E-state index in [9.17, 15) is 27.2 Å². The van der Waals surface area contributed by atoms with Gasteiger partial charge in [0.2, 0.25) is 11.8 Å². The zero-order chi connectivity index (χ0) is 42.5. The number of hydrogen-bond acceptors (Lipinski definition) is 8. The van der Waals surface area contributed by atoms with Gasteiger partial charge < -0.3 is 28.8 Å². The average molecular weight is 904 g/mol. The first-order valence-corrected chi connectivity index (χ1v) is 21.6. The Kier molecular flexibility index (Phi) is 13.2. The van der Waals surface area contributed by atoms with Crippen LogP contribution in [0.4, 0.5) is 23.4 Å². The third-order valence-corrected chi connectivity index (χ3v) is 12.6. The van der Waals surface area contributed by atoms with E-state index in [1.54, 1.807) is 57.9 Å². The molecule has 10 heterocycles. The molecule has 61 heavy (non-hydrogen) atoms. The highest BCUT2D eigenvalue weighted by Crippen LogP contribution is 2.33. The molecule has 0 aliphatic carbocycles. The first-order chi connectivity index (χ1) is 29.6. The van der Waals surface area contributed by atoms with E-state index in [1.807, 2.05) is 9.80 Å². The molecule has 6 aromatic heterocycles. The van der Waals surface area contributed by atoms with Gasteiger partial charge in [-0.1, -0.05) is 0 Å². The van der Waals surface area contributed by atoms with Crippen molar-refractivity contribution in [3.63, 3.8) is 0 Å². The Balaban J connectivity index is 0.000000146. The Hall–Kier alpha value is -5.42. The number of imidazole rings is 2. The zero-order valence-corrected chi connectivity index (χ0v) is 35.1. The van der Waals surface area contributed by atoms with E-state index in [2.05, 4.69) is 46.1 Å². The maximum Gasteiger partial charge on any atom is 0.226 e. The van der Waals surface area contributed by atoms with Crippen LogP contribution in [0.25, 0.3) is 11.3 Å². The van der Waals surface area contributed by atoms with Crippen LogP contribution in [-0.2, 0) is 22.4 Å². The lowest BCUT2D eigenvalue weighted by Gasteiger charge is -2.38. The Morgan fingerprint density at radius 2 is 1.23 bits per heavy atom. The summed E-state index contributed by atoms with van der Waals surface area (Å²) in [6.45, 7) is 4.68. The number of piperazine rings is 2. The molecule has 10 rings (SSSR count). The molecule has 4 aliphatic rings. The van der Waals surface area contributed by atoms with Crippen molar-refractivity contribution >= 4 is 44.9 Å². The maximum absolute atomic E-state index is 14.3. The maximum atomic E-state index is 14.3. The summed E-state index contributed by atoms with van der Waals surface area (Å²) in [7, 11) is 0. The summed E-state index contributed by atoms with van der Waals surface area (Å²) in [5.74, 6) is 0.213. The van der Waals surface area contributed by atoms with E-state index < -0.39 is 0 Å². The Morgan fingerprint density at radius 3 is 1.77 bits per heavy atom. The average Bonchev–Trinajstić information content (AvgIpc) is 4.08. The fourth-order valence-electron chi connectivity index (χ4n) is 9.10. The minimum Gasteiger partial charge on any atom is -0.353 e. The number of nitrogens with zero attached hydrogens (tertiary/aromatic N) is 9. The first-order valence-electron chi connectivity index (χ1n) is 20.8. The second-order valence-corrected chi connectivity index (χ2v) is 16.7. The van der Waals surface area contributed by atoms with Gasteiger partial charge in [-0.15, -0.1) is 0 Å². The fourth-order valence-corrected chi connectivity index (χ4v) is 9.34. The number of carbonyl (C=O) groups excluding carboxylic acids is 2. The molecular weight excluding hydrogens is 856 g/mol. The highest BCUT2D eigenvalue weighted by atomic mass is 79.9. The Morgan fingerprint density at radius 1 is 0.656 bits per heavy atom. The molecule has 1 unspecified atom stereocenters. The van der Waals surface area contributed by atoms with Gasteiger partial charge in [0.15, 0.2) is 0 Å². The molecule has 0 radical (unpaired) electrons. The lowest BCUT2D eigenvalue weighted by molar-refractivity contribution is -0.133. The molecule has 4 aliphatic heterocycles. The molecule has 0 bridgehead atoms. The monoisotopic (exact) mass is 902 g/mol. The summed E-state index contributed by atoms with van der Waals surface area (Å²) in [5.41, 5.74) is 2.77. The summed E-state index contributed by atoms with van der Waals surface area (Å²) in [4.78, 5) is 47.6. The van der Waals surface area contributed by atoms with Crippen LogP contribution in [0.5, 0.6) is 0 Å². The SMILES string of the molecule is Fc1ccc(Br)nc1.O=C1C(CCCc2c(F)ccc3nccn23)C[C@H]2CN(c3ccc(F)cn3)CCN12.O=C1[C@@H](CCCc2c(F)ccc3nccn23)C[C@H]2CNCCN12.